The Balaban J connectivity index is 2.67. The molecule has 0 amide bonds. The summed E-state index contributed by atoms with van der Waals surface area (Å²) in [5.41, 5.74) is 0.974. The van der Waals surface area contributed by atoms with E-state index in [9.17, 15) is 0 Å². The van der Waals surface area contributed by atoms with Gasteiger partial charge in [-0.25, -0.2) is 0 Å². The van der Waals surface area contributed by atoms with Crippen molar-refractivity contribution in [3.63, 3.8) is 0 Å². The molecule has 0 saturated carbocycles. The van der Waals surface area contributed by atoms with Crippen LogP contribution in [0.25, 0.3) is 0 Å². The molecule has 1 aromatic carbocycles. The van der Waals surface area contributed by atoms with Crippen molar-refractivity contribution in [2.75, 3.05) is 19.0 Å². The van der Waals surface area contributed by atoms with E-state index in [1.807, 2.05) is 18.2 Å². The van der Waals surface area contributed by atoms with Gasteiger partial charge in [0.15, 0.2) is 0 Å². The molecule has 0 aliphatic carbocycles. The third-order valence-electron chi connectivity index (χ3n) is 2.36. The number of methoxy groups -OCH3 is 1. The van der Waals surface area contributed by atoms with Crippen LogP contribution in [0, 0.1) is 0 Å². The Morgan fingerprint density at radius 3 is 2.88 bits per heavy atom. The lowest BCUT2D eigenvalue weighted by Crippen LogP contribution is -2.16. The van der Waals surface area contributed by atoms with Gasteiger partial charge in [-0.05, 0) is 38.0 Å². The molecule has 0 bridgehead atoms. The fraction of sp³-hybridized carbons (Fsp3) is 0.500. The van der Waals surface area contributed by atoms with E-state index in [1.165, 1.54) is 0 Å². The molecule has 1 aromatic rings. The summed E-state index contributed by atoms with van der Waals surface area (Å²) >= 11 is 3.43. The second-order valence-electron chi connectivity index (χ2n) is 3.76. The van der Waals surface area contributed by atoms with Crippen LogP contribution in [0.4, 0.5) is 5.69 Å². The highest BCUT2D eigenvalue weighted by molar-refractivity contribution is 9.10. The molecule has 3 nitrogen and oxygen atoms in total. The highest BCUT2D eigenvalue weighted by Gasteiger charge is 2.07. The van der Waals surface area contributed by atoms with Gasteiger partial charge < -0.3 is 15.2 Å². The van der Waals surface area contributed by atoms with Gasteiger partial charge in [-0.3, -0.25) is 0 Å². The van der Waals surface area contributed by atoms with Crippen LogP contribution in [-0.2, 0) is 0 Å². The highest BCUT2D eigenvalue weighted by Crippen LogP contribution is 2.28. The van der Waals surface area contributed by atoms with Gasteiger partial charge in [-0.15, -0.1) is 0 Å². The van der Waals surface area contributed by atoms with Crippen LogP contribution >= 0.6 is 15.9 Å². The molecule has 0 spiro atoms. The summed E-state index contributed by atoms with van der Waals surface area (Å²) in [5.74, 6) is 0.832. The minimum Gasteiger partial charge on any atom is -0.495 e. The van der Waals surface area contributed by atoms with E-state index in [0.29, 0.717) is 6.04 Å². The molecule has 0 saturated heterocycles. The Labute approximate surface area is 105 Å². The third kappa shape index (κ3) is 4.02. The molecule has 0 heterocycles. The topological polar surface area (TPSA) is 41.5 Å². The molecular formula is C12H18BrNO2. The molecule has 1 unspecified atom stereocenters. The molecule has 0 aliphatic heterocycles. The first-order valence-corrected chi connectivity index (χ1v) is 6.17. The standard InChI is InChI=1S/C12H18BrNO2/c1-9(4-3-7-15)14-11-8-10(13)5-6-12(11)16-2/h5-6,8-9,14-15H,3-4,7H2,1-2H3. The van der Waals surface area contributed by atoms with Crippen LogP contribution in [0.1, 0.15) is 19.8 Å². The van der Waals surface area contributed by atoms with Crippen LogP contribution in [0.15, 0.2) is 22.7 Å². The lowest BCUT2D eigenvalue weighted by Gasteiger charge is -2.17. The maximum atomic E-state index is 8.77. The van der Waals surface area contributed by atoms with Crippen LogP contribution in [0.3, 0.4) is 0 Å². The molecule has 90 valence electrons. The van der Waals surface area contributed by atoms with Gasteiger partial charge in [-0.1, -0.05) is 15.9 Å². The Morgan fingerprint density at radius 2 is 2.25 bits per heavy atom. The van der Waals surface area contributed by atoms with Gasteiger partial charge in [0, 0.05) is 17.1 Å². The number of ether oxygens (including phenoxy) is 1. The first-order valence-electron chi connectivity index (χ1n) is 5.38. The van der Waals surface area contributed by atoms with Crippen molar-refractivity contribution in [3.8, 4) is 5.75 Å². The number of rotatable bonds is 6. The summed E-state index contributed by atoms with van der Waals surface area (Å²) in [4.78, 5) is 0. The number of halogens is 1. The average Bonchev–Trinajstić information content (AvgIpc) is 2.27. The molecule has 0 aliphatic rings. The summed E-state index contributed by atoms with van der Waals surface area (Å²) in [5, 5.41) is 12.1. The molecule has 0 fully saturated rings. The molecular weight excluding hydrogens is 270 g/mol. The van der Waals surface area contributed by atoms with E-state index < -0.39 is 0 Å². The minimum atomic E-state index is 0.238. The van der Waals surface area contributed by atoms with E-state index in [-0.39, 0.29) is 6.61 Å². The number of anilines is 1. The first kappa shape index (κ1) is 13.3. The SMILES string of the molecule is COc1ccc(Br)cc1NC(C)CCCO. The Morgan fingerprint density at radius 1 is 1.50 bits per heavy atom. The number of aliphatic hydroxyl groups excluding tert-OH is 1. The third-order valence-corrected chi connectivity index (χ3v) is 2.85. The minimum absolute atomic E-state index is 0.238. The van der Waals surface area contributed by atoms with Crippen molar-refractivity contribution in [1.29, 1.82) is 0 Å². The number of hydrogen-bond donors (Lipinski definition) is 2. The van der Waals surface area contributed by atoms with E-state index in [4.69, 9.17) is 9.84 Å². The molecule has 0 aromatic heterocycles. The summed E-state index contributed by atoms with van der Waals surface area (Å²) in [7, 11) is 1.66. The maximum absolute atomic E-state index is 8.77. The smallest absolute Gasteiger partial charge is 0.142 e. The quantitative estimate of drug-likeness (QED) is 0.845. The van der Waals surface area contributed by atoms with Gasteiger partial charge in [0.1, 0.15) is 5.75 Å². The van der Waals surface area contributed by atoms with Crippen molar-refractivity contribution in [1.82, 2.24) is 0 Å². The summed E-state index contributed by atoms with van der Waals surface area (Å²) in [6, 6.07) is 6.18. The number of nitrogens with one attached hydrogen (secondary N) is 1. The van der Waals surface area contributed by atoms with Crippen molar-refractivity contribution in [2.45, 2.75) is 25.8 Å². The number of benzene rings is 1. The average molecular weight is 288 g/mol. The second kappa shape index (κ2) is 6.76. The molecule has 16 heavy (non-hydrogen) atoms. The van der Waals surface area contributed by atoms with Crippen molar-refractivity contribution < 1.29 is 9.84 Å². The number of hydrogen-bond acceptors (Lipinski definition) is 3. The van der Waals surface area contributed by atoms with Gasteiger partial charge >= 0.3 is 0 Å². The van der Waals surface area contributed by atoms with Gasteiger partial charge in [0.05, 0.1) is 12.8 Å². The fourth-order valence-corrected chi connectivity index (χ4v) is 1.89. The predicted molar refractivity (Wildman–Crippen MR) is 70.1 cm³/mol. The summed E-state index contributed by atoms with van der Waals surface area (Å²) < 4.78 is 6.29. The monoisotopic (exact) mass is 287 g/mol. The highest BCUT2D eigenvalue weighted by atomic mass is 79.9. The van der Waals surface area contributed by atoms with E-state index in [1.54, 1.807) is 7.11 Å². The second-order valence-corrected chi connectivity index (χ2v) is 4.67. The Kier molecular flexibility index (Phi) is 5.63. The molecule has 1 atom stereocenters. The van der Waals surface area contributed by atoms with Crippen molar-refractivity contribution >= 4 is 21.6 Å². The Hall–Kier alpha value is -0.740. The zero-order valence-electron chi connectivity index (χ0n) is 9.66. The van der Waals surface area contributed by atoms with Crippen LogP contribution in [-0.4, -0.2) is 24.9 Å². The van der Waals surface area contributed by atoms with Crippen LogP contribution < -0.4 is 10.1 Å². The zero-order valence-corrected chi connectivity index (χ0v) is 11.3. The van der Waals surface area contributed by atoms with Gasteiger partial charge in [-0.2, -0.15) is 0 Å². The normalized spacial score (nSPS) is 12.2. The van der Waals surface area contributed by atoms with E-state index in [0.717, 1.165) is 28.8 Å². The van der Waals surface area contributed by atoms with Crippen LogP contribution in [0.5, 0.6) is 5.75 Å². The number of aliphatic hydroxyl groups is 1. The van der Waals surface area contributed by atoms with Crippen molar-refractivity contribution in [3.05, 3.63) is 22.7 Å². The zero-order chi connectivity index (χ0) is 12.0. The molecule has 2 N–H and O–H groups in total. The molecule has 1 rings (SSSR count). The lowest BCUT2D eigenvalue weighted by molar-refractivity contribution is 0.282. The van der Waals surface area contributed by atoms with Crippen LogP contribution in [0.2, 0.25) is 0 Å². The maximum Gasteiger partial charge on any atom is 0.142 e. The summed E-state index contributed by atoms with van der Waals surface area (Å²) in [6.45, 7) is 2.33. The Bertz CT molecular complexity index is 331. The molecule has 4 heteroatoms. The predicted octanol–water partition coefficient (Wildman–Crippen LogP) is 3.03. The van der Waals surface area contributed by atoms with Gasteiger partial charge in [0.2, 0.25) is 0 Å². The summed E-state index contributed by atoms with van der Waals surface area (Å²) in [6.07, 6.45) is 1.75. The van der Waals surface area contributed by atoms with E-state index in [2.05, 4.69) is 28.2 Å². The first-order chi connectivity index (χ1) is 7.67. The van der Waals surface area contributed by atoms with E-state index >= 15 is 0 Å². The lowest BCUT2D eigenvalue weighted by atomic mass is 10.1. The van der Waals surface area contributed by atoms with Crippen molar-refractivity contribution in [2.24, 2.45) is 0 Å². The van der Waals surface area contributed by atoms with Gasteiger partial charge in [0.25, 0.3) is 0 Å². The fourth-order valence-electron chi connectivity index (χ4n) is 1.53. The molecule has 0 radical (unpaired) electrons. The largest absolute Gasteiger partial charge is 0.495 e.